The highest BCUT2D eigenvalue weighted by atomic mass is 35.5. The van der Waals surface area contributed by atoms with Crippen molar-refractivity contribution in [2.45, 2.75) is 43.4 Å². The van der Waals surface area contributed by atoms with Crippen LogP contribution in [-0.4, -0.2) is 15.2 Å². The summed E-state index contributed by atoms with van der Waals surface area (Å²) in [7, 11) is 1.97. The fourth-order valence-electron chi connectivity index (χ4n) is 3.51. The zero-order valence-electron chi connectivity index (χ0n) is 12.6. The topological polar surface area (TPSA) is 17.8 Å². The van der Waals surface area contributed by atoms with Crippen LogP contribution in [0.4, 0.5) is 0 Å². The Morgan fingerprint density at radius 1 is 1.24 bits per heavy atom. The monoisotopic (exact) mass is 302 g/mol. The van der Waals surface area contributed by atoms with E-state index in [9.17, 15) is 0 Å². The molecule has 1 aliphatic rings. The fourth-order valence-corrected chi connectivity index (χ4v) is 3.86. The van der Waals surface area contributed by atoms with Crippen molar-refractivity contribution in [2.75, 3.05) is 0 Å². The molecule has 1 aromatic carbocycles. The van der Waals surface area contributed by atoms with E-state index in [2.05, 4.69) is 41.6 Å². The first-order chi connectivity index (χ1) is 10.2. The molecule has 0 N–H and O–H groups in total. The van der Waals surface area contributed by atoms with Crippen molar-refractivity contribution in [2.24, 2.45) is 13.0 Å². The first-order valence-electron chi connectivity index (χ1n) is 7.89. The summed E-state index contributed by atoms with van der Waals surface area (Å²) in [6, 6.07) is 10.9. The molecule has 1 saturated carbocycles. The van der Waals surface area contributed by atoms with Crippen LogP contribution in [0.2, 0.25) is 0 Å². The van der Waals surface area contributed by atoms with Gasteiger partial charge in [-0.3, -0.25) is 4.68 Å². The molecule has 2 nitrogen and oxygen atoms in total. The Morgan fingerprint density at radius 2 is 2.05 bits per heavy atom. The molecule has 0 bridgehead atoms. The zero-order chi connectivity index (χ0) is 14.7. The molecule has 2 aromatic rings. The van der Waals surface area contributed by atoms with Gasteiger partial charge in [-0.05, 0) is 55.1 Å². The predicted molar refractivity (Wildman–Crippen MR) is 87.7 cm³/mol. The summed E-state index contributed by atoms with van der Waals surface area (Å²) in [5, 5.41) is 4.58. The lowest BCUT2D eigenvalue weighted by atomic mass is 9.76. The SMILES string of the molecule is Cn1cc(CCC2CC(c3ccccc3)CCC2Cl)cn1. The lowest BCUT2D eigenvalue weighted by Gasteiger charge is -2.33. The summed E-state index contributed by atoms with van der Waals surface area (Å²) in [6.07, 6.45) is 9.92. The van der Waals surface area contributed by atoms with Gasteiger partial charge in [-0.25, -0.2) is 0 Å². The van der Waals surface area contributed by atoms with Crippen LogP contribution < -0.4 is 0 Å². The van der Waals surface area contributed by atoms with Crippen molar-refractivity contribution < 1.29 is 0 Å². The van der Waals surface area contributed by atoms with Crippen molar-refractivity contribution >= 4 is 11.6 Å². The van der Waals surface area contributed by atoms with Crippen molar-refractivity contribution in [1.82, 2.24) is 9.78 Å². The molecular weight excluding hydrogens is 280 g/mol. The van der Waals surface area contributed by atoms with Gasteiger partial charge in [-0.15, -0.1) is 11.6 Å². The molecule has 0 saturated heterocycles. The molecule has 3 rings (SSSR count). The van der Waals surface area contributed by atoms with Crippen LogP contribution in [0.1, 0.15) is 42.7 Å². The summed E-state index contributed by atoms with van der Waals surface area (Å²) in [6.45, 7) is 0. The number of alkyl halides is 1. The van der Waals surface area contributed by atoms with E-state index in [1.165, 1.54) is 30.4 Å². The van der Waals surface area contributed by atoms with Gasteiger partial charge in [0.15, 0.2) is 0 Å². The number of halogens is 1. The predicted octanol–water partition coefficient (Wildman–Crippen LogP) is 4.54. The highest BCUT2D eigenvalue weighted by Gasteiger charge is 2.29. The number of hydrogen-bond donors (Lipinski definition) is 0. The Balaban J connectivity index is 1.61. The molecule has 0 spiro atoms. The van der Waals surface area contributed by atoms with Gasteiger partial charge in [-0.2, -0.15) is 5.10 Å². The standard InChI is InChI=1S/C18H23ClN2/c1-21-13-14(12-20-21)7-8-17-11-16(9-10-18(17)19)15-5-3-2-4-6-15/h2-6,12-13,16-18H,7-11H2,1H3. The Kier molecular flexibility index (Phi) is 4.64. The molecule has 3 heteroatoms. The summed E-state index contributed by atoms with van der Waals surface area (Å²) in [5.74, 6) is 1.30. The van der Waals surface area contributed by atoms with Gasteiger partial charge in [0.1, 0.15) is 0 Å². The van der Waals surface area contributed by atoms with E-state index in [0.717, 1.165) is 12.8 Å². The van der Waals surface area contributed by atoms with Crippen LogP contribution in [0.15, 0.2) is 42.7 Å². The van der Waals surface area contributed by atoms with Crippen molar-refractivity contribution in [1.29, 1.82) is 0 Å². The lowest BCUT2D eigenvalue weighted by Crippen LogP contribution is -2.25. The molecule has 21 heavy (non-hydrogen) atoms. The maximum absolute atomic E-state index is 6.59. The van der Waals surface area contributed by atoms with E-state index >= 15 is 0 Å². The van der Waals surface area contributed by atoms with Gasteiger partial charge in [0, 0.05) is 18.6 Å². The molecule has 0 aliphatic heterocycles. The van der Waals surface area contributed by atoms with Crippen molar-refractivity contribution in [3.8, 4) is 0 Å². The highest BCUT2D eigenvalue weighted by Crippen LogP contribution is 2.40. The Hall–Kier alpha value is -1.28. The van der Waals surface area contributed by atoms with Crippen LogP contribution in [0.25, 0.3) is 0 Å². The number of hydrogen-bond acceptors (Lipinski definition) is 1. The second-order valence-electron chi connectivity index (χ2n) is 6.26. The van der Waals surface area contributed by atoms with E-state index in [1.807, 2.05) is 17.9 Å². The molecule has 3 atom stereocenters. The fraction of sp³-hybridized carbons (Fsp3) is 0.500. The molecular formula is C18H23ClN2. The highest BCUT2D eigenvalue weighted by molar-refractivity contribution is 6.20. The second-order valence-corrected chi connectivity index (χ2v) is 6.82. The number of nitrogens with zero attached hydrogens (tertiary/aromatic N) is 2. The first kappa shape index (κ1) is 14.6. The van der Waals surface area contributed by atoms with E-state index in [1.54, 1.807) is 0 Å². The van der Waals surface area contributed by atoms with Gasteiger partial charge in [0.2, 0.25) is 0 Å². The van der Waals surface area contributed by atoms with Gasteiger partial charge in [-0.1, -0.05) is 30.3 Å². The minimum Gasteiger partial charge on any atom is -0.276 e. The summed E-state index contributed by atoms with van der Waals surface area (Å²) < 4.78 is 1.88. The third-order valence-electron chi connectivity index (χ3n) is 4.72. The Bertz CT molecular complexity index is 564. The molecule has 0 amide bonds. The largest absolute Gasteiger partial charge is 0.276 e. The Labute approximate surface area is 132 Å². The van der Waals surface area contributed by atoms with E-state index in [4.69, 9.17) is 11.6 Å². The van der Waals surface area contributed by atoms with Crippen LogP contribution in [0.5, 0.6) is 0 Å². The number of rotatable bonds is 4. The van der Waals surface area contributed by atoms with E-state index in [-0.39, 0.29) is 0 Å². The number of benzene rings is 1. The van der Waals surface area contributed by atoms with E-state index < -0.39 is 0 Å². The summed E-state index contributed by atoms with van der Waals surface area (Å²) in [5.41, 5.74) is 2.80. The molecule has 1 aliphatic carbocycles. The molecule has 3 unspecified atom stereocenters. The minimum absolute atomic E-state index is 0.335. The van der Waals surface area contributed by atoms with Crippen LogP contribution in [-0.2, 0) is 13.5 Å². The average molecular weight is 303 g/mol. The van der Waals surface area contributed by atoms with Gasteiger partial charge in [0.25, 0.3) is 0 Å². The van der Waals surface area contributed by atoms with Gasteiger partial charge >= 0.3 is 0 Å². The molecule has 1 fully saturated rings. The van der Waals surface area contributed by atoms with Gasteiger partial charge < -0.3 is 0 Å². The van der Waals surface area contributed by atoms with Crippen molar-refractivity contribution in [3.63, 3.8) is 0 Å². The minimum atomic E-state index is 0.335. The molecule has 112 valence electrons. The van der Waals surface area contributed by atoms with Crippen LogP contribution in [0, 0.1) is 5.92 Å². The summed E-state index contributed by atoms with van der Waals surface area (Å²) in [4.78, 5) is 0. The Morgan fingerprint density at radius 3 is 2.76 bits per heavy atom. The number of aromatic nitrogens is 2. The molecule has 1 aromatic heterocycles. The number of aryl methyl sites for hydroxylation is 2. The van der Waals surface area contributed by atoms with Crippen LogP contribution in [0.3, 0.4) is 0 Å². The maximum Gasteiger partial charge on any atom is 0.0521 e. The van der Waals surface area contributed by atoms with Crippen LogP contribution >= 0.6 is 11.6 Å². The summed E-state index contributed by atoms with van der Waals surface area (Å²) >= 11 is 6.59. The lowest BCUT2D eigenvalue weighted by molar-refractivity contribution is 0.312. The second kappa shape index (κ2) is 6.65. The first-order valence-corrected chi connectivity index (χ1v) is 8.32. The quantitative estimate of drug-likeness (QED) is 0.758. The molecule has 1 heterocycles. The smallest absolute Gasteiger partial charge is 0.0521 e. The van der Waals surface area contributed by atoms with Gasteiger partial charge in [0.05, 0.1) is 6.20 Å². The average Bonchev–Trinajstić information content (AvgIpc) is 2.93. The third kappa shape index (κ3) is 3.68. The normalized spacial score (nSPS) is 25.9. The molecule has 0 radical (unpaired) electrons. The van der Waals surface area contributed by atoms with Crippen molar-refractivity contribution in [3.05, 3.63) is 53.9 Å². The zero-order valence-corrected chi connectivity index (χ0v) is 13.3. The maximum atomic E-state index is 6.59. The third-order valence-corrected chi connectivity index (χ3v) is 5.30. The van der Waals surface area contributed by atoms with E-state index in [0.29, 0.717) is 17.2 Å².